The first-order chi connectivity index (χ1) is 7.49. The maximum atomic E-state index is 13.3. The van der Waals surface area contributed by atoms with Crippen LogP contribution in [0.15, 0.2) is 12.1 Å². The molecule has 2 rings (SSSR count). The summed E-state index contributed by atoms with van der Waals surface area (Å²) in [7, 11) is 0. The van der Waals surface area contributed by atoms with Gasteiger partial charge in [0.15, 0.2) is 5.78 Å². The predicted molar refractivity (Wildman–Crippen MR) is 54.0 cm³/mol. The number of carbonyl (C=O) groups is 2. The molecule has 0 radical (unpaired) electrons. The van der Waals surface area contributed by atoms with Crippen LogP contribution in [0.4, 0.5) is 9.18 Å². The second-order valence-electron chi connectivity index (χ2n) is 3.68. The lowest BCUT2D eigenvalue weighted by molar-refractivity contribution is 0.101. The van der Waals surface area contributed by atoms with E-state index in [1.54, 1.807) is 6.92 Å². The van der Waals surface area contributed by atoms with Crippen molar-refractivity contribution in [2.24, 2.45) is 0 Å². The van der Waals surface area contributed by atoms with Gasteiger partial charge in [-0.15, -0.1) is 0 Å². The topological polar surface area (TPSA) is 55.4 Å². The number of ketones is 1. The normalized spacial score (nSPS) is 18.4. The van der Waals surface area contributed by atoms with Gasteiger partial charge >= 0.3 is 6.09 Å². The number of carbonyl (C=O) groups excluding carboxylic acids is 2. The molecule has 1 atom stereocenters. The van der Waals surface area contributed by atoms with E-state index >= 15 is 0 Å². The highest BCUT2D eigenvalue weighted by molar-refractivity contribution is 5.98. The Morgan fingerprint density at radius 3 is 2.81 bits per heavy atom. The number of amides is 1. The summed E-state index contributed by atoms with van der Waals surface area (Å²) in [6.45, 7) is 3.00. The Bertz CT molecular complexity index is 484. The van der Waals surface area contributed by atoms with E-state index in [2.05, 4.69) is 5.32 Å². The summed E-state index contributed by atoms with van der Waals surface area (Å²) in [5.41, 5.74) is 0.571. The van der Waals surface area contributed by atoms with Crippen LogP contribution >= 0.6 is 0 Å². The van der Waals surface area contributed by atoms with Crippen molar-refractivity contribution in [3.63, 3.8) is 0 Å². The van der Waals surface area contributed by atoms with Gasteiger partial charge in [0.1, 0.15) is 11.6 Å². The lowest BCUT2D eigenvalue weighted by atomic mass is 10.00. The van der Waals surface area contributed by atoms with Crippen molar-refractivity contribution >= 4 is 11.9 Å². The first-order valence-electron chi connectivity index (χ1n) is 4.81. The molecule has 1 aromatic rings. The Hall–Kier alpha value is -1.91. The molecule has 0 aromatic heterocycles. The number of hydrogen-bond acceptors (Lipinski definition) is 3. The Morgan fingerprint density at radius 2 is 2.19 bits per heavy atom. The highest BCUT2D eigenvalue weighted by Gasteiger charge is 2.27. The van der Waals surface area contributed by atoms with Crippen LogP contribution in [0.2, 0.25) is 0 Å². The van der Waals surface area contributed by atoms with Gasteiger partial charge < -0.3 is 10.1 Å². The Kier molecular flexibility index (Phi) is 2.38. The number of nitrogens with one attached hydrogen (secondary N) is 1. The second kappa shape index (κ2) is 3.59. The van der Waals surface area contributed by atoms with Crippen LogP contribution in [0.25, 0.3) is 0 Å². The summed E-state index contributed by atoms with van der Waals surface area (Å²) in [5, 5.41) is 2.49. The molecule has 5 heteroatoms. The van der Waals surface area contributed by atoms with E-state index in [0.29, 0.717) is 5.56 Å². The van der Waals surface area contributed by atoms with Gasteiger partial charge in [-0.3, -0.25) is 4.79 Å². The van der Waals surface area contributed by atoms with Crippen molar-refractivity contribution in [2.45, 2.75) is 19.9 Å². The smallest absolute Gasteiger partial charge is 0.409 e. The van der Waals surface area contributed by atoms with Gasteiger partial charge in [-0.05, 0) is 26.0 Å². The predicted octanol–water partition coefficient (Wildman–Crippen LogP) is 2.19. The van der Waals surface area contributed by atoms with Crippen molar-refractivity contribution in [2.75, 3.05) is 0 Å². The molecule has 0 aliphatic carbocycles. The molecule has 1 heterocycles. The van der Waals surface area contributed by atoms with Gasteiger partial charge in [-0.25, -0.2) is 9.18 Å². The molecule has 16 heavy (non-hydrogen) atoms. The third-order valence-corrected chi connectivity index (χ3v) is 2.46. The second-order valence-corrected chi connectivity index (χ2v) is 3.68. The average Bonchev–Trinajstić information content (AvgIpc) is 2.18. The Labute approximate surface area is 91.4 Å². The van der Waals surface area contributed by atoms with Gasteiger partial charge in [-0.2, -0.15) is 0 Å². The molecule has 0 fully saturated rings. The summed E-state index contributed by atoms with van der Waals surface area (Å²) in [6, 6.07) is 1.96. The minimum Gasteiger partial charge on any atom is -0.409 e. The number of rotatable bonds is 1. The molecule has 1 amide bonds. The molecule has 1 unspecified atom stereocenters. The summed E-state index contributed by atoms with van der Waals surface area (Å²) >= 11 is 0. The maximum absolute atomic E-state index is 13.3. The van der Waals surface area contributed by atoms with Crippen LogP contribution in [-0.4, -0.2) is 11.9 Å². The van der Waals surface area contributed by atoms with Gasteiger partial charge in [-0.1, -0.05) is 0 Å². The molecule has 1 aliphatic heterocycles. The largest absolute Gasteiger partial charge is 0.413 e. The van der Waals surface area contributed by atoms with Gasteiger partial charge in [0, 0.05) is 5.56 Å². The molecule has 0 spiro atoms. The van der Waals surface area contributed by atoms with Crippen LogP contribution < -0.4 is 10.1 Å². The Balaban J connectivity index is 2.65. The third kappa shape index (κ3) is 1.64. The van der Waals surface area contributed by atoms with Crippen molar-refractivity contribution in [3.8, 4) is 5.75 Å². The van der Waals surface area contributed by atoms with Crippen LogP contribution in [0.3, 0.4) is 0 Å². The summed E-state index contributed by atoms with van der Waals surface area (Å²) in [5.74, 6) is -0.696. The highest BCUT2D eigenvalue weighted by atomic mass is 19.1. The van der Waals surface area contributed by atoms with Crippen LogP contribution in [0.1, 0.15) is 35.8 Å². The molecule has 4 nitrogen and oxygen atoms in total. The first-order valence-corrected chi connectivity index (χ1v) is 4.81. The number of hydrogen-bond donors (Lipinski definition) is 1. The standard InChI is InChI=1S/C11H10FNO3/c1-5-8-3-7(12)4-9(6(2)14)10(8)16-11(15)13-5/h3-5H,1-2H3,(H,13,15). The molecule has 1 N–H and O–H groups in total. The highest BCUT2D eigenvalue weighted by Crippen LogP contribution is 2.33. The molecule has 0 saturated carbocycles. The van der Waals surface area contributed by atoms with E-state index < -0.39 is 11.9 Å². The fraction of sp³-hybridized carbons (Fsp3) is 0.273. The van der Waals surface area contributed by atoms with E-state index in [1.165, 1.54) is 13.0 Å². The quantitative estimate of drug-likeness (QED) is 0.742. The lowest BCUT2D eigenvalue weighted by Crippen LogP contribution is -2.35. The van der Waals surface area contributed by atoms with Crippen LogP contribution in [0.5, 0.6) is 5.75 Å². The first kappa shape index (κ1) is 10.6. The van der Waals surface area contributed by atoms with E-state index in [1.807, 2.05) is 0 Å². The SMILES string of the molecule is CC(=O)c1cc(F)cc2c1OC(=O)NC2C. The van der Waals surface area contributed by atoms with E-state index in [0.717, 1.165) is 6.07 Å². The van der Waals surface area contributed by atoms with Crippen molar-refractivity contribution < 1.29 is 18.7 Å². The fourth-order valence-electron chi connectivity index (χ4n) is 1.69. The number of fused-ring (bicyclic) bond motifs is 1. The molecule has 1 aliphatic rings. The minimum atomic E-state index is -0.630. The summed E-state index contributed by atoms with van der Waals surface area (Å²) in [4.78, 5) is 22.5. The number of halogens is 1. The van der Waals surface area contributed by atoms with Crippen molar-refractivity contribution in [1.29, 1.82) is 0 Å². The molecular weight excluding hydrogens is 213 g/mol. The molecule has 84 valence electrons. The van der Waals surface area contributed by atoms with Crippen molar-refractivity contribution in [3.05, 3.63) is 29.1 Å². The van der Waals surface area contributed by atoms with Crippen LogP contribution in [-0.2, 0) is 0 Å². The average molecular weight is 223 g/mol. The van der Waals surface area contributed by atoms with Crippen LogP contribution in [0, 0.1) is 5.82 Å². The minimum absolute atomic E-state index is 0.0942. The van der Waals surface area contributed by atoms with Gasteiger partial charge in [0.25, 0.3) is 0 Å². The van der Waals surface area contributed by atoms with E-state index in [4.69, 9.17) is 4.74 Å². The summed E-state index contributed by atoms with van der Waals surface area (Å²) < 4.78 is 18.2. The molecular formula is C11H10FNO3. The van der Waals surface area contributed by atoms with Gasteiger partial charge in [0.05, 0.1) is 11.6 Å². The third-order valence-electron chi connectivity index (χ3n) is 2.46. The summed E-state index contributed by atoms with van der Waals surface area (Å²) in [6.07, 6.45) is -0.630. The van der Waals surface area contributed by atoms with Crippen molar-refractivity contribution in [1.82, 2.24) is 5.32 Å². The van der Waals surface area contributed by atoms with E-state index in [-0.39, 0.29) is 23.1 Å². The zero-order valence-electron chi connectivity index (χ0n) is 8.83. The fourth-order valence-corrected chi connectivity index (χ4v) is 1.69. The lowest BCUT2D eigenvalue weighted by Gasteiger charge is -2.24. The number of ether oxygens (including phenoxy) is 1. The Morgan fingerprint density at radius 1 is 1.50 bits per heavy atom. The molecule has 1 aromatic carbocycles. The maximum Gasteiger partial charge on any atom is 0.413 e. The monoisotopic (exact) mass is 223 g/mol. The van der Waals surface area contributed by atoms with E-state index in [9.17, 15) is 14.0 Å². The number of Topliss-reactive ketones (excluding diaryl/α,β-unsaturated/α-hetero) is 1. The molecule has 0 saturated heterocycles. The molecule has 0 bridgehead atoms. The number of benzene rings is 1. The zero-order valence-corrected chi connectivity index (χ0v) is 8.83. The zero-order chi connectivity index (χ0) is 11.9. The van der Waals surface area contributed by atoms with Gasteiger partial charge in [0.2, 0.25) is 0 Å².